The molecule has 26 heavy (non-hydrogen) atoms. The minimum atomic E-state index is 0.0193. The van der Waals surface area contributed by atoms with Crippen LogP contribution in [-0.2, 0) is 6.54 Å². The van der Waals surface area contributed by atoms with Crippen LogP contribution < -0.4 is 4.90 Å². The lowest BCUT2D eigenvalue weighted by Gasteiger charge is -2.34. The Labute approximate surface area is 160 Å². The Morgan fingerprint density at radius 2 is 2.04 bits per heavy atom. The van der Waals surface area contributed by atoms with Crippen molar-refractivity contribution in [1.82, 2.24) is 19.7 Å². The van der Waals surface area contributed by atoms with Gasteiger partial charge in [0.1, 0.15) is 5.69 Å². The fourth-order valence-electron chi connectivity index (χ4n) is 3.13. The van der Waals surface area contributed by atoms with Crippen LogP contribution in [0, 0.1) is 0 Å². The number of rotatable bonds is 4. The number of para-hydroxylation sites is 1. The van der Waals surface area contributed by atoms with Gasteiger partial charge in [-0.05, 0) is 31.4 Å². The lowest BCUT2D eigenvalue weighted by molar-refractivity contribution is 0.0740. The second kappa shape index (κ2) is 7.28. The minimum absolute atomic E-state index is 0.0193. The molecule has 6 nitrogen and oxygen atoms in total. The van der Waals surface area contributed by atoms with E-state index in [2.05, 4.69) is 34.5 Å². The first-order valence-electron chi connectivity index (χ1n) is 8.71. The molecule has 0 N–H and O–H groups in total. The number of hydrogen-bond donors (Lipinski definition) is 0. The van der Waals surface area contributed by atoms with Crippen LogP contribution in [0.4, 0.5) is 5.13 Å². The Kier molecular flexibility index (Phi) is 4.86. The number of thiazole rings is 1. The number of aryl methyl sites for hydroxylation is 1. The lowest BCUT2D eigenvalue weighted by Crippen LogP contribution is -2.48. The van der Waals surface area contributed by atoms with Crippen molar-refractivity contribution in [2.75, 3.05) is 37.3 Å². The number of carbonyl (C=O) groups excluding carboxylic acids is 1. The lowest BCUT2D eigenvalue weighted by atomic mass is 10.3. The average Bonchev–Trinajstić information content (AvgIpc) is 3.34. The van der Waals surface area contributed by atoms with Gasteiger partial charge in [0.25, 0.3) is 5.91 Å². The van der Waals surface area contributed by atoms with Crippen LogP contribution in [0.2, 0.25) is 0 Å². The monoisotopic (exact) mass is 387 g/mol. The summed E-state index contributed by atoms with van der Waals surface area (Å²) in [4.78, 5) is 22.8. The van der Waals surface area contributed by atoms with Crippen LogP contribution in [0.5, 0.6) is 0 Å². The molecule has 1 saturated heterocycles. The van der Waals surface area contributed by atoms with Gasteiger partial charge in [0, 0.05) is 43.8 Å². The van der Waals surface area contributed by atoms with Gasteiger partial charge in [-0.2, -0.15) is 5.10 Å². The zero-order valence-electron chi connectivity index (χ0n) is 14.9. The number of hydrogen-bond acceptors (Lipinski definition) is 6. The molecule has 1 amide bonds. The molecule has 0 bridgehead atoms. The first kappa shape index (κ1) is 17.4. The Balaban J connectivity index is 1.45. The smallest absolute Gasteiger partial charge is 0.274 e. The summed E-state index contributed by atoms with van der Waals surface area (Å²) in [7, 11) is 0. The molecule has 1 aromatic carbocycles. The fourth-order valence-corrected chi connectivity index (χ4v) is 4.80. The normalized spacial score (nSPS) is 15.0. The van der Waals surface area contributed by atoms with Gasteiger partial charge in [0.05, 0.1) is 10.2 Å². The zero-order chi connectivity index (χ0) is 18.1. The number of nitrogens with zero attached hydrogens (tertiary/aromatic N) is 5. The third-order valence-electron chi connectivity index (χ3n) is 4.61. The summed E-state index contributed by atoms with van der Waals surface area (Å²) in [5.74, 6) is 0.0193. The van der Waals surface area contributed by atoms with Crippen molar-refractivity contribution >= 4 is 44.4 Å². The van der Waals surface area contributed by atoms with Gasteiger partial charge in [-0.15, -0.1) is 11.8 Å². The Morgan fingerprint density at radius 1 is 1.23 bits per heavy atom. The molecule has 2 aromatic heterocycles. The van der Waals surface area contributed by atoms with E-state index < -0.39 is 0 Å². The summed E-state index contributed by atoms with van der Waals surface area (Å²) in [5.41, 5.74) is 1.62. The number of carbonyl (C=O) groups is 1. The highest BCUT2D eigenvalue weighted by molar-refractivity contribution is 7.98. The highest BCUT2D eigenvalue weighted by Crippen LogP contribution is 2.34. The number of amides is 1. The predicted octanol–water partition coefficient (Wildman–Crippen LogP) is 3.20. The molecular weight excluding hydrogens is 366 g/mol. The van der Waals surface area contributed by atoms with Gasteiger partial charge in [-0.1, -0.05) is 17.4 Å². The SMILES string of the molecule is CCn1ccc(C(=O)N2CCN(c3nc4c(SC)cccc4s3)CC2)n1. The molecule has 0 unspecified atom stereocenters. The van der Waals surface area contributed by atoms with Crippen LogP contribution in [0.3, 0.4) is 0 Å². The molecule has 1 aliphatic rings. The van der Waals surface area contributed by atoms with Crippen LogP contribution in [-0.4, -0.2) is 58.0 Å². The molecule has 0 atom stereocenters. The van der Waals surface area contributed by atoms with Crippen molar-refractivity contribution in [3.63, 3.8) is 0 Å². The maximum absolute atomic E-state index is 12.6. The van der Waals surface area contributed by atoms with E-state index in [-0.39, 0.29) is 5.91 Å². The van der Waals surface area contributed by atoms with Crippen LogP contribution in [0.25, 0.3) is 10.2 Å². The maximum atomic E-state index is 12.6. The third kappa shape index (κ3) is 3.19. The number of benzene rings is 1. The highest BCUT2D eigenvalue weighted by Gasteiger charge is 2.25. The standard InChI is InChI=1S/C18H21N5OS2/c1-3-23-8-7-13(20-23)17(24)21-9-11-22(12-10-21)18-19-16-14(25-2)5-4-6-15(16)26-18/h4-8H,3,9-12H2,1-2H3. The molecule has 0 aliphatic carbocycles. The van der Waals surface area contributed by atoms with E-state index in [0.717, 1.165) is 30.3 Å². The van der Waals surface area contributed by atoms with E-state index in [9.17, 15) is 4.79 Å². The minimum Gasteiger partial charge on any atom is -0.345 e. The molecule has 3 aromatic rings. The molecule has 4 rings (SSSR count). The molecule has 3 heterocycles. The predicted molar refractivity (Wildman–Crippen MR) is 107 cm³/mol. The second-order valence-corrected chi connectivity index (χ2v) is 8.00. The van der Waals surface area contributed by atoms with Gasteiger partial charge >= 0.3 is 0 Å². The van der Waals surface area contributed by atoms with E-state index >= 15 is 0 Å². The Bertz CT molecular complexity index is 927. The molecule has 0 radical (unpaired) electrons. The fraction of sp³-hybridized carbons (Fsp3) is 0.389. The van der Waals surface area contributed by atoms with Crippen molar-refractivity contribution < 1.29 is 4.79 Å². The number of fused-ring (bicyclic) bond motifs is 1. The number of aromatic nitrogens is 3. The number of anilines is 1. The molecule has 1 fully saturated rings. The molecule has 0 spiro atoms. The quantitative estimate of drug-likeness (QED) is 0.644. The van der Waals surface area contributed by atoms with Gasteiger partial charge in [-0.25, -0.2) is 4.98 Å². The maximum Gasteiger partial charge on any atom is 0.274 e. The third-order valence-corrected chi connectivity index (χ3v) is 6.46. The summed E-state index contributed by atoms with van der Waals surface area (Å²) < 4.78 is 3.00. The van der Waals surface area contributed by atoms with E-state index in [1.54, 1.807) is 33.8 Å². The molecule has 1 aliphatic heterocycles. The molecule has 0 saturated carbocycles. The van der Waals surface area contributed by atoms with Crippen molar-refractivity contribution in [2.24, 2.45) is 0 Å². The van der Waals surface area contributed by atoms with E-state index in [1.165, 1.54) is 9.60 Å². The summed E-state index contributed by atoms with van der Waals surface area (Å²) in [5, 5.41) is 5.37. The molecular formula is C18H21N5OS2. The van der Waals surface area contributed by atoms with E-state index in [0.29, 0.717) is 18.8 Å². The second-order valence-electron chi connectivity index (χ2n) is 6.14. The van der Waals surface area contributed by atoms with E-state index in [4.69, 9.17) is 4.98 Å². The van der Waals surface area contributed by atoms with Crippen molar-refractivity contribution in [1.29, 1.82) is 0 Å². The largest absolute Gasteiger partial charge is 0.345 e. The zero-order valence-corrected chi connectivity index (χ0v) is 16.5. The Morgan fingerprint density at radius 3 is 2.73 bits per heavy atom. The number of thioether (sulfide) groups is 1. The topological polar surface area (TPSA) is 54.3 Å². The van der Waals surface area contributed by atoms with E-state index in [1.807, 2.05) is 18.0 Å². The van der Waals surface area contributed by atoms with Crippen molar-refractivity contribution in [3.8, 4) is 0 Å². The van der Waals surface area contributed by atoms with Gasteiger partial charge in [0.2, 0.25) is 0 Å². The van der Waals surface area contributed by atoms with Gasteiger partial charge in [-0.3, -0.25) is 9.48 Å². The molecule has 8 heteroatoms. The first-order valence-corrected chi connectivity index (χ1v) is 10.7. The molecule has 136 valence electrons. The summed E-state index contributed by atoms with van der Waals surface area (Å²) in [6.07, 6.45) is 3.94. The summed E-state index contributed by atoms with van der Waals surface area (Å²) in [6.45, 7) is 5.78. The Hall–Kier alpha value is -2.06. The first-order chi connectivity index (χ1) is 12.7. The average molecular weight is 388 g/mol. The summed E-state index contributed by atoms with van der Waals surface area (Å²) in [6, 6.07) is 8.13. The van der Waals surface area contributed by atoms with Crippen LogP contribution >= 0.6 is 23.1 Å². The number of piperazine rings is 1. The van der Waals surface area contributed by atoms with Crippen molar-refractivity contribution in [2.45, 2.75) is 18.4 Å². The van der Waals surface area contributed by atoms with Gasteiger partial charge < -0.3 is 9.80 Å². The van der Waals surface area contributed by atoms with Gasteiger partial charge in [0.15, 0.2) is 5.13 Å². The van der Waals surface area contributed by atoms with Crippen LogP contribution in [0.1, 0.15) is 17.4 Å². The highest BCUT2D eigenvalue weighted by atomic mass is 32.2. The summed E-state index contributed by atoms with van der Waals surface area (Å²) >= 11 is 3.46. The van der Waals surface area contributed by atoms with Crippen LogP contribution in [0.15, 0.2) is 35.4 Å². The van der Waals surface area contributed by atoms with Crippen molar-refractivity contribution in [3.05, 3.63) is 36.2 Å².